The summed E-state index contributed by atoms with van der Waals surface area (Å²) in [5, 5.41) is 0. The summed E-state index contributed by atoms with van der Waals surface area (Å²) in [5.41, 5.74) is 1.32. The van der Waals surface area contributed by atoms with E-state index in [0.717, 1.165) is 24.2 Å². The second kappa shape index (κ2) is 10.2. The highest BCUT2D eigenvalue weighted by molar-refractivity contribution is 5.20. The Bertz CT molecular complexity index is 532. The van der Waals surface area contributed by atoms with Crippen LogP contribution in [0.3, 0.4) is 0 Å². The van der Waals surface area contributed by atoms with Crippen molar-refractivity contribution in [2.75, 3.05) is 0 Å². The Hall–Kier alpha value is -1.18. The molecule has 0 radical (unpaired) electrons. The lowest BCUT2D eigenvalue weighted by Gasteiger charge is -2.32. The maximum absolute atomic E-state index is 13.1. The minimum absolute atomic E-state index is 0.129. The lowest BCUT2D eigenvalue weighted by atomic mass is 9.74. The average Bonchev–Trinajstić information content (AvgIpc) is 2.69. The van der Waals surface area contributed by atoms with Crippen LogP contribution in [0.1, 0.15) is 88.5 Å². The van der Waals surface area contributed by atoms with E-state index in [9.17, 15) is 8.78 Å². The summed E-state index contributed by atoms with van der Waals surface area (Å²) >= 11 is 0. The van der Waals surface area contributed by atoms with E-state index in [-0.39, 0.29) is 5.82 Å². The monoisotopic (exact) mass is 360 g/mol. The Labute approximate surface area is 158 Å². The molecule has 3 rings (SSSR count). The molecule has 26 heavy (non-hydrogen) atoms. The van der Waals surface area contributed by atoms with E-state index in [2.05, 4.69) is 0 Å². The van der Waals surface area contributed by atoms with Crippen LogP contribution in [0.5, 0.6) is 0 Å². The standard InChI is InChI=1S/C24H34F2/c25-18-2-1-3-19-4-6-20(7-5-19)8-9-21-10-12-22(13-11-21)23-14-16-24(26)17-15-23/h2,14-22H,1,3-13H2/t19-,20-,21-,22-. The fraction of sp³-hybridized carbons (Fsp3) is 0.667. The SMILES string of the molecule is FC=CCC[C@H]1CC[C@H](CC[C@H]2CC[C@H](c3ccc(F)cc3)CC2)CC1. The van der Waals surface area contributed by atoms with E-state index >= 15 is 0 Å². The van der Waals surface area contributed by atoms with Crippen LogP contribution in [-0.2, 0) is 0 Å². The van der Waals surface area contributed by atoms with Crippen molar-refractivity contribution < 1.29 is 8.78 Å². The van der Waals surface area contributed by atoms with Gasteiger partial charge in [0.1, 0.15) is 5.82 Å². The van der Waals surface area contributed by atoms with E-state index in [1.54, 1.807) is 18.2 Å². The van der Waals surface area contributed by atoms with Crippen LogP contribution in [-0.4, -0.2) is 0 Å². The van der Waals surface area contributed by atoms with Crippen LogP contribution in [0.4, 0.5) is 8.78 Å². The Morgan fingerprint density at radius 2 is 1.23 bits per heavy atom. The zero-order chi connectivity index (χ0) is 18.2. The average molecular weight is 361 g/mol. The van der Waals surface area contributed by atoms with Crippen LogP contribution in [0.2, 0.25) is 0 Å². The Morgan fingerprint density at radius 1 is 0.731 bits per heavy atom. The van der Waals surface area contributed by atoms with Crippen LogP contribution in [0.15, 0.2) is 36.7 Å². The van der Waals surface area contributed by atoms with Gasteiger partial charge in [-0.1, -0.05) is 56.7 Å². The highest BCUT2D eigenvalue weighted by Gasteiger charge is 2.25. The van der Waals surface area contributed by atoms with Crippen molar-refractivity contribution in [3.05, 3.63) is 48.1 Å². The first kappa shape index (κ1) is 19.6. The van der Waals surface area contributed by atoms with Gasteiger partial charge in [-0.15, -0.1) is 0 Å². The number of benzene rings is 1. The van der Waals surface area contributed by atoms with Gasteiger partial charge in [0.2, 0.25) is 0 Å². The lowest BCUT2D eigenvalue weighted by Crippen LogP contribution is -2.17. The second-order valence-corrected chi connectivity index (χ2v) is 8.67. The number of hydrogen-bond acceptors (Lipinski definition) is 0. The smallest absolute Gasteiger partial charge is 0.123 e. The van der Waals surface area contributed by atoms with Crippen molar-refractivity contribution in [1.82, 2.24) is 0 Å². The number of halogens is 2. The Balaban J connectivity index is 1.31. The summed E-state index contributed by atoms with van der Waals surface area (Å²) in [6.07, 6.45) is 17.9. The molecule has 0 bridgehead atoms. The van der Waals surface area contributed by atoms with Gasteiger partial charge in [0.25, 0.3) is 0 Å². The van der Waals surface area contributed by atoms with Gasteiger partial charge >= 0.3 is 0 Å². The van der Waals surface area contributed by atoms with Crippen molar-refractivity contribution in [3.63, 3.8) is 0 Å². The summed E-state index contributed by atoms with van der Waals surface area (Å²) in [5.74, 6) is 3.17. The molecule has 1 aromatic carbocycles. The molecular formula is C24H34F2. The van der Waals surface area contributed by atoms with Gasteiger partial charge in [0.15, 0.2) is 0 Å². The maximum Gasteiger partial charge on any atom is 0.123 e. The summed E-state index contributed by atoms with van der Waals surface area (Å²) in [4.78, 5) is 0. The van der Waals surface area contributed by atoms with Gasteiger partial charge in [0, 0.05) is 0 Å². The third-order valence-corrected chi connectivity index (χ3v) is 6.97. The molecule has 2 fully saturated rings. The molecule has 2 heteroatoms. The maximum atomic E-state index is 13.1. The Kier molecular flexibility index (Phi) is 7.70. The minimum atomic E-state index is -0.129. The fourth-order valence-corrected chi connectivity index (χ4v) is 5.19. The third kappa shape index (κ3) is 5.93. The fourth-order valence-electron chi connectivity index (χ4n) is 5.19. The van der Waals surface area contributed by atoms with Crippen molar-refractivity contribution in [3.8, 4) is 0 Å². The molecule has 0 atom stereocenters. The largest absolute Gasteiger partial charge is 0.216 e. The van der Waals surface area contributed by atoms with Crippen molar-refractivity contribution in [2.24, 2.45) is 17.8 Å². The second-order valence-electron chi connectivity index (χ2n) is 8.67. The van der Waals surface area contributed by atoms with E-state index < -0.39 is 0 Å². The summed E-state index contributed by atoms with van der Waals surface area (Å²) in [6, 6.07) is 7.15. The molecule has 0 aromatic heterocycles. The van der Waals surface area contributed by atoms with Crippen LogP contribution >= 0.6 is 0 Å². The molecule has 0 aliphatic heterocycles. The molecule has 2 saturated carbocycles. The first-order valence-electron chi connectivity index (χ1n) is 10.7. The van der Waals surface area contributed by atoms with E-state index in [4.69, 9.17) is 0 Å². The topological polar surface area (TPSA) is 0 Å². The molecule has 0 heterocycles. The summed E-state index contributed by atoms with van der Waals surface area (Å²) in [6.45, 7) is 0. The molecule has 2 aliphatic carbocycles. The van der Waals surface area contributed by atoms with Crippen LogP contribution in [0.25, 0.3) is 0 Å². The summed E-state index contributed by atoms with van der Waals surface area (Å²) in [7, 11) is 0. The van der Waals surface area contributed by atoms with Gasteiger partial charge in [0.05, 0.1) is 6.33 Å². The molecule has 1 aromatic rings. The molecule has 0 saturated heterocycles. The first-order chi connectivity index (χ1) is 12.7. The number of rotatable bonds is 7. The van der Waals surface area contributed by atoms with E-state index in [1.165, 1.54) is 76.2 Å². The van der Waals surface area contributed by atoms with Gasteiger partial charge in [-0.25, -0.2) is 8.78 Å². The van der Waals surface area contributed by atoms with Gasteiger partial charge < -0.3 is 0 Å². The molecule has 2 aliphatic rings. The van der Waals surface area contributed by atoms with Gasteiger partial charge in [-0.3, -0.25) is 0 Å². The zero-order valence-electron chi connectivity index (χ0n) is 16.0. The Morgan fingerprint density at radius 3 is 1.77 bits per heavy atom. The molecule has 0 amide bonds. The molecule has 0 nitrogen and oxygen atoms in total. The van der Waals surface area contributed by atoms with Crippen LogP contribution < -0.4 is 0 Å². The normalized spacial score (nSPS) is 29.9. The number of hydrogen-bond donors (Lipinski definition) is 0. The highest BCUT2D eigenvalue weighted by atomic mass is 19.1. The molecule has 144 valence electrons. The lowest BCUT2D eigenvalue weighted by molar-refractivity contribution is 0.225. The predicted molar refractivity (Wildman–Crippen MR) is 105 cm³/mol. The van der Waals surface area contributed by atoms with Gasteiger partial charge in [-0.05, 0) is 79.9 Å². The quantitative estimate of drug-likeness (QED) is 0.463. The van der Waals surface area contributed by atoms with E-state index in [1.807, 2.05) is 12.1 Å². The summed E-state index contributed by atoms with van der Waals surface area (Å²) < 4.78 is 25.1. The minimum Gasteiger partial charge on any atom is -0.216 e. The zero-order valence-corrected chi connectivity index (χ0v) is 16.0. The highest BCUT2D eigenvalue weighted by Crippen LogP contribution is 2.40. The third-order valence-electron chi connectivity index (χ3n) is 6.97. The van der Waals surface area contributed by atoms with Gasteiger partial charge in [-0.2, -0.15) is 0 Å². The number of allylic oxidation sites excluding steroid dienone is 1. The molecular weight excluding hydrogens is 326 g/mol. The molecule has 0 N–H and O–H groups in total. The van der Waals surface area contributed by atoms with Crippen molar-refractivity contribution >= 4 is 0 Å². The van der Waals surface area contributed by atoms with E-state index in [0.29, 0.717) is 12.2 Å². The van der Waals surface area contributed by atoms with Crippen molar-refractivity contribution in [2.45, 2.75) is 83.0 Å². The predicted octanol–water partition coefficient (Wildman–Crippen LogP) is 7.95. The van der Waals surface area contributed by atoms with Crippen LogP contribution in [0, 0.1) is 23.6 Å². The molecule has 0 spiro atoms. The molecule has 0 unspecified atom stereocenters. The van der Waals surface area contributed by atoms with Crippen molar-refractivity contribution in [1.29, 1.82) is 0 Å². The first-order valence-corrected chi connectivity index (χ1v) is 10.7.